The predicted molar refractivity (Wildman–Crippen MR) is 119 cm³/mol. The fourth-order valence-corrected chi connectivity index (χ4v) is 5.34. The fourth-order valence-electron chi connectivity index (χ4n) is 3.11. The van der Waals surface area contributed by atoms with Crippen molar-refractivity contribution in [3.05, 3.63) is 77.3 Å². The summed E-state index contributed by atoms with van der Waals surface area (Å²) in [5.41, 5.74) is 4.97. The summed E-state index contributed by atoms with van der Waals surface area (Å²) in [5.74, 6) is 0. The van der Waals surface area contributed by atoms with Gasteiger partial charge in [-0.15, -0.1) is 11.3 Å². The largest absolute Gasteiger partial charge is 0.345 e. The van der Waals surface area contributed by atoms with Crippen LogP contribution in [0.5, 0.6) is 0 Å². The van der Waals surface area contributed by atoms with Gasteiger partial charge in [0.1, 0.15) is 9.90 Å². The van der Waals surface area contributed by atoms with Crippen LogP contribution < -0.4 is 4.72 Å². The Kier molecular flexibility index (Phi) is 5.02. The van der Waals surface area contributed by atoms with Crippen LogP contribution in [0.25, 0.3) is 22.0 Å². The highest BCUT2D eigenvalue weighted by Crippen LogP contribution is 2.33. The standard InChI is InChI=1S/C22H21N3O2S2/c1-15-9-11-18(12-10-15)24-29(26,27)21-13-20(25(3)16(21)2)22-23-19(14-28-22)17-7-5-4-6-8-17/h4-14,24H,1-3H3. The zero-order valence-electron chi connectivity index (χ0n) is 16.4. The van der Waals surface area contributed by atoms with E-state index in [0.29, 0.717) is 11.4 Å². The van der Waals surface area contributed by atoms with Crippen molar-refractivity contribution in [3.63, 3.8) is 0 Å². The van der Waals surface area contributed by atoms with Gasteiger partial charge in [0.25, 0.3) is 10.0 Å². The summed E-state index contributed by atoms with van der Waals surface area (Å²) < 4.78 is 30.5. The number of benzene rings is 2. The van der Waals surface area contributed by atoms with Crippen molar-refractivity contribution in [2.75, 3.05) is 4.72 Å². The van der Waals surface area contributed by atoms with Crippen LogP contribution in [0.1, 0.15) is 11.3 Å². The molecule has 0 spiro atoms. The minimum atomic E-state index is -3.71. The SMILES string of the molecule is Cc1ccc(NS(=O)(=O)c2cc(-c3nc(-c4ccccc4)cs3)n(C)c2C)cc1. The molecule has 1 N–H and O–H groups in total. The lowest BCUT2D eigenvalue weighted by molar-refractivity contribution is 0.600. The Morgan fingerprint density at radius 1 is 1.00 bits per heavy atom. The molecule has 29 heavy (non-hydrogen) atoms. The van der Waals surface area contributed by atoms with E-state index in [4.69, 9.17) is 4.98 Å². The van der Waals surface area contributed by atoms with Gasteiger partial charge in [-0.3, -0.25) is 4.72 Å². The van der Waals surface area contributed by atoms with Gasteiger partial charge in [0.2, 0.25) is 0 Å². The fraction of sp³-hybridized carbons (Fsp3) is 0.136. The number of hydrogen-bond acceptors (Lipinski definition) is 4. The molecular weight excluding hydrogens is 402 g/mol. The first-order valence-electron chi connectivity index (χ1n) is 9.12. The molecule has 0 bridgehead atoms. The van der Waals surface area contributed by atoms with E-state index in [0.717, 1.165) is 27.5 Å². The van der Waals surface area contributed by atoms with E-state index in [2.05, 4.69) is 4.72 Å². The molecule has 0 saturated heterocycles. The molecule has 0 fully saturated rings. The van der Waals surface area contributed by atoms with E-state index in [1.54, 1.807) is 25.1 Å². The molecule has 0 aliphatic carbocycles. The Hall–Kier alpha value is -2.90. The molecule has 5 nitrogen and oxygen atoms in total. The zero-order chi connectivity index (χ0) is 20.6. The number of nitrogens with one attached hydrogen (secondary N) is 1. The van der Waals surface area contributed by atoms with Crippen molar-refractivity contribution < 1.29 is 8.42 Å². The van der Waals surface area contributed by atoms with Gasteiger partial charge < -0.3 is 4.57 Å². The average molecular weight is 424 g/mol. The number of rotatable bonds is 5. The van der Waals surface area contributed by atoms with Crippen molar-refractivity contribution in [1.82, 2.24) is 9.55 Å². The van der Waals surface area contributed by atoms with Crippen LogP contribution in [0.2, 0.25) is 0 Å². The predicted octanol–water partition coefficient (Wildman–Crippen LogP) is 5.23. The van der Waals surface area contributed by atoms with E-state index in [-0.39, 0.29) is 4.90 Å². The summed E-state index contributed by atoms with van der Waals surface area (Å²) in [4.78, 5) is 4.98. The Morgan fingerprint density at radius 3 is 2.38 bits per heavy atom. The number of thiazole rings is 1. The van der Waals surface area contributed by atoms with Gasteiger partial charge >= 0.3 is 0 Å². The van der Waals surface area contributed by atoms with Crippen LogP contribution in [0.15, 0.2) is 70.9 Å². The molecule has 0 unspecified atom stereocenters. The number of aryl methyl sites for hydroxylation is 1. The second kappa shape index (κ2) is 7.50. The van der Waals surface area contributed by atoms with Crippen molar-refractivity contribution in [2.45, 2.75) is 18.7 Å². The number of anilines is 1. The topological polar surface area (TPSA) is 64.0 Å². The van der Waals surface area contributed by atoms with Crippen molar-refractivity contribution >= 4 is 27.0 Å². The molecule has 7 heteroatoms. The number of sulfonamides is 1. The third-order valence-corrected chi connectivity index (χ3v) is 7.24. The van der Waals surface area contributed by atoms with Crippen molar-refractivity contribution in [3.8, 4) is 22.0 Å². The summed E-state index contributed by atoms with van der Waals surface area (Å²) in [6, 6.07) is 18.9. The summed E-state index contributed by atoms with van der Waals surface area (Å²) in [6.45, 7) is 3.77. The highest BCUT2D eigenvalue weighted by Gasteiger charge is 2.23. The Bertz CT molecular complexity index is 1260. The first-order valence-corrected chi connectivity index (χ1v) is 11.5. The van der Waals surface area contributed by atoms with Gasteiger partial charge in [-0.1, -0.05) is 48.0 Å². The van der Waals surface area contributed by atoms with E-state index in [1.165, 1.54) is 11.3 Å². The maximum atomic E-state index is 13.0. The maximum absolute atomic E-state index is 13.0. The van der Waals surface area contributed by atoms with Crippen LogP contribution in [0.3, 0.4) is 0 Å². The minimum Gasteiger partial charge on any atom is -0.345 e. The van der Waals surface area contributed by atoms with Crippen molar-refractivity contribution in [1.29, 1.82) is 0 Å². The van der Waals surface area contributed by atoms with Crippen LogP contribution in [-0.2, 0) is 17.1 Å². The van der Waals surface area contributed by atoms with Crippen LogP contribution in [-0.4, -0.2) is 18.0 Å². The summed E-state index contributed by atoms with van der Waals surface area (Å²) in [5, 5.41) is 2.78. The molecule has 0 aliphatic rings. The summed E-state index contributed by atoms with van der Waals surface area (Å²) in [6.07, 6.45) is 0. The molecule has 0 radical (unpaired) electrons. The third-order valence-electron chi connectivity index (χ3n) is 4.88. The summed E-state index contributed by atoms with van der Waals surface area (Å²) in [7, 11) is -1.85. The normalized spacial score (nSPS) is 11.6. The molecule has 0 saturated carbocycles. The lowest BCUT2D eigenvalue weighted by atomic mass is 10.2. The molecule has 0 aliphatic heterocycles. The van der Waals surface area contributed by atoms with Gasteiger partial charge in [-0.05, 0) is 32.0 Å². The molecule has 4 rings (SSSR count). The van der Waals surface area contributed by atoms with Gasteiger partial charge in [0.05, 0.1) is 11.4 Å². The molecule has 4 aromatic rings. The van der Waals surface area contributed by atoms with Crippen LogP contribution >= 0.6 is 11.3 Å². The molecule has 2 aromatic carbocycles. The molecule has 0 atom stereocenters. The lowest BCUT2D eigenvalue weighted by Crippen LogP contribution is -2.13. The Morgan fingerprint density at radius 2 is 1.69 bits per heavy atom. The van der Waals surface area contributed by atoms with Crippen LogP contribution in [0, 0.1) is 13.8 Å². The molecule has 2 aromatic heterocycles. The van der Waals surface area contributed by atoms with Gasteiger partial charge in [0.15, 0.2) is 0 Å². The smallest absolute Gasteiger partial charge is 0.263 e. The number of aromatic nitrogens is 2. The molecule has 2 heterocycles. The quantitative estimate of drug-likeness (QED) is 0.478. The van der Waals surface area contributed by atoms with E-state index in [9.17, 15) is 8.42 Å². The average Bonchev–Trinajstić information content (AvgIpc) is 3.30. The minimum absolute atomic E-state index is 0.257. The summed E-state index contributed by atoms with van der Waals surface area (Å²) >= 11 is 1.50. The highest BCUT2D eigenvalue weighted by molar-refractivity contribution is 7.92. The highest BCUT2D eigenvalue weighted by atomic mass is 32.2. The van der Waals surface area contributed by atoms with Gasteiger partial charge in [0, 0.05) is 29.4 Å². The molecular formula is C22H21N3O2S2. The first-order chi connectivity index (χ1) is 13.8. The van der Waals surface area contributed by atoms with Crippen molar-refractivity contribution in [2.24, 2.45) is 7.05 Å². The Labute approximate surface area is 174 Å². The maximum Gasteiger partial charge on any atom is 0.263 e. The third kappa shape index (κ3) is 3.83. The number of nitrogens with zero attached hydrogens (tertiary/aromatic N) is 2. The number of hydrogen-bond donors (Lipinski definition) is 1. The van der Waals surface area contributed by atoms with Gasteiger partial charge in [-0.25, -0.2) is 13.4 Å². The lowest BCUT2D eigenvalue weighted by Gasteiger charge is -2.08. The van der Waals surface area contributed by atoms with Crippen LogP contribution in [0.4, 0.5) is 5.69 Å². The second-order valence-corrected chi connectivity index (χ2v) is 9.42. The molecule has 0 amide bonds. The van der Waals surface area contributed by atoms with E-state index in [1.807, 2.05) is 66.4 Å². The zero-order valence-corrected chi connectivity index (χ0v) is 18.0. The Balaban J connectivity index is 1.69. The molecule has 148 valence electrons. The monoisotopic (exact) mass is 423 g/mol. The van der Waals surface area contributed by atoms with E-state index >= 15 is 0 Å². The van der Waals surface area contributed by atoms with E-state index < -0.39 is 10.0 Å². The van der Waals surface area contributed by atoms with Gasteiger partial charge in [-0.2, -0.15) is 0 Å². The second-order valence-electron chi connectivity index (χ2n) is 6.91. The first kappa shape index (κ1) is 19.4.